The second-order valence-corrected chi connectivity index (χ2v) is 7.92. The summed E-state index contributed by atoms with van der Waals surface area (Å²) in [5, 5.41) is 14.2. The lowest BCUT2D eigenvalue weighted by molar-refractivity contribution is -0.383. The van der Waals surface area contributed by atoms with Gasteiger partial charge in [-0.05, 0) is 26.0 Å². The lowest BCUT2D eigenvalue weighted by Gasteiger charge is -2.10. The summed E-state index contributed by atoms with van der Waals surface area (Å²) < 4.78 is 28.4. The van der Waals surface area contributed by atoms with Crippen LogP contribution in [0.4, 0.5) is 10.7 Å². The van der Waals surface area contributed by atoms with Crippen molar-refractivity contribution >= 4 is 31.9 Å². The van der Waals surface area contributed by atoms with Crippen LogP contribution >= 0.6 is 11.3 Å². The van der Waals surface area contributed by atoms with Gasteiger partial charge in [-0.15, -0.1) is 0 Å². The van der Waals surface area contributed by atoms with Crippen molar-refractivity contribution in [2.24, 2.45) is 0 Å². The minimum Gasteiger partial charge on any atom is -0.464 e. The van der Waals surface area contributed by atoms with Crippen LogP contribution in [0.3, 0.4) is 0 Å². The van der Waals surface area contributed by atoms with E-state index < -0.39 is 14.8 Å². The van der Waals surface area contributed by atoms with Gasteiger partial charge in [0.25, 0.3) is 0 Å². The van der Waals surface area contributed by atoms with Crippen molar-refractivity contribution in [2.45, 2.75) is 24.1 Å². The van der Waals surface area contributed by atoms with Crippen LogP contribution in [0.15, 0.2) is 26.8 Å². The van der Waals surface area contributed by atoms with Gasteiger partial charge in [0.15, 0.2) is 14.8 Å². The molecule has 2 aromatic heterocycles. The highest BCUT2D eigenvalue weighted by atomic mass is 32.2. The lowest BCUT2D eigenvalue weighted by Crippen LogP contribution is -2.05. The summed E-state index contributed by atoms with van der Waals surface area (Å²) in [5.74, 6) is 1.35. The molecular formula is C12H14N2O5S2. The van der Waals surface area contributed by atoms with Crippen LogP contribution in [0.25, 0.3) is 0 Å². The average molecular weight is 330 g/mol. The van der Waals surface area contributed by atoms with Crippen molar-refractivity contribution in [3.8, 4) is 0 Å². The first-order chi connectivity index (χ1) is 9.68. The predicted octanol–water partition coefficient (Wildman–Crippen LogP) is 3.13. The molecule has 0 saturated heterocycles. The molecule has 0 aliphatic rings. The molecule has 2 rings (SSSR count). The Bertz CT molecular complexity index is 775. The van der Waals surface area contributed by atoms with Gasteiger partial charge >= 0.3 is 5.69 Å². The van der Waals surface area contributed by atoms with E-state index in [-0.39, 0.29) is 20.9 Å². The summed E-state index contributed by atoms with van der Waals surface area (Å²) in [7, 11) is -3.48. The molecule has 2 aromatic rings. The minimum absolute atomic E-state index is 0.0421. The maximum atomic E-state index is 11.5. The highest BCUT2D eigenvalue weighted by Gasteiger charge is 2.25. The Morgan fingerprint density at radius 1 is 1.43 bits per heavy atom. The summed E-state index contributed by atoms with van der Waals surface area (Å²) in [6.07, 6.45) is 1.02. The zero-order chi connectivity index (χ0) is 15.8. The molecule has 0 amide bonds. The van der Waals surface area contributed by atoms with Gasteiger partial charge in [-0.2, -0.15) is 0 Å². The van der Waals surface area contributed by atoms with Crippen LogP contribution in [0.5, 0.6) is 0 Å². The molecule has 21 heavy (non-hydrogen) atoms. The standard InChI is InChI=1S/C12H14N2O5S2/c1-7-4-5-10(19-7)8(2)13-12-9(14(15)16)6-11(20-12)21(3,17)18/h4-6,8,13H,1-3H3. The van der Waals surface area contributed by atoms with Gasteiger partial charge in [-0.3, -0.25) is 10.1 Å². The van der Waals surface area contributed by atoms with Gasteiger partial charge in [-0.1, -0.05) is 11.3 Å². The Kier molecular flexibility index (Phi) is 4.06. The van der Waals surface area contributed by atoms with Gasteiger partial charge in [0.05, 0.1) is 11.0 Å². The van der Waals surface area contributed by atoms with Gasteiger partial charge in [0, 0.05) is 12.3 Å². The predicted molar refractivity (Wildman–Crippen MR) is 79.6 cm³/mol. The molecule has 0 spiro atoms. The Morgan fingerprint density at radius 3 is 2.57 bits per heavy atom. The SMILES string of the molecule is Cc1ccc(C(C)Nc2sc(S(C)(=O)=O)cc2[N+](=O)[O-])o1. The molecule has 114 valence electrons. The van der Waals surface area contributed by atoms with Crippen LogP contribution in [0.1, 0.15) is 24.5 Å². The second-order valence-electron chi connectivity index (χ2n) is 4.62. The third-order valence-corrected chi connectivity index (χ3v) is 5.64. The number of nitro groups is 1. The number of aryl methyl sites for hydroxylation is 1. The lowest BCUT2D eigenvalue weighted by atomic mass is 10.2. The van der Waals surface area contributed by atoms with Crippen LogP contribution in [-0.4, -0.2) is 19.6 Å². The first-order valence-corrected chi connectivity index (χ1v) is 8.70. The Morgan fingerprint density at radius 2 is 2.10 bits per heavy atom. The molecule has 0 saturated carbocycles. The number of rotatable bonds is 5. The van der Waals surface area contributed by atoms with Crippen LogP contribution in [-0.2, 0) is 9.84 Å². The first kappa shape index (κ1) is 15.5. The largest absolute Gasteiger partial charge is 0.464 e. The molecule has 1 unspecified atom stereocenters. The summed E-state index contributed by atoms with van der Waals surface area (Å²) in [4.78, 5) is 10.4. The first-order valence-electron chi connectivity index (χ1n) is 5.99. The molecule has 2 heterocycles. The summed E-state index contributed by atoms with van der Waals surface area (Å²) >= 11 is 0.842. The Labute approximate surface area is 125 Å². The van der Waals surface area contributed by atoms with E-state index in [1.807, 2.05) is 0 Å². The molecule has 7 nitrogen and oxygen atoms in total. The minimum atomic E-state index is -3.48. The number of anilines is 1. The van der Waals surface area contributed by atoms with Crippen molar-refractivity contribution in [3.63, 3.8) is 0 Å². The third kappa shape index (κ3) is 3.42. The Hall–Kier alpha value is -1.87. The van der Waals surface area contributed by atoms with E-state index in [9.17, 15) is 18.5 Å². The molecule has 0 radical (unpaired) electrons. The highest BCUT2D eigenvalue weighted by Crippen LogP contribution is 2.39. The zero-order valence-electron chi connectivity index (χ0n) is 11.6. The van der Waals surface area contributed by atoms with E-state index in [2.05, 4.69) is 5.32 Å². The number of sulfone groups is 1. The zero-order valence-corrected chi connectivity index (χ0v) is 13.2. The second kappa shape index (κ2) is 5.49. The van der Waals surface area contributed by atoms with E-state index in [0.717, 1.165) is 29.4 Å². The average Bonchev–Trinajstić information content (AvgIpc) is 2.94. The monoisotopic (exact) mass is 330 g/mol. The summed E-state index contributed by atoms with van der Waals surface area (Å²) in [5.41, 5.74) is -0.254. The van der Waals surface area contributed by atoms with Gasteiger partial charge < -0.3 is 9.73 Å². The van der Waals surface area contributed by atoms with Gasteiger partial charge in [-0.25, -0.2) is 8.42 Å². The Balaban J connectivity index is 2.34. The summed E-state index contributed by atoms with van der Waals surface area (Å²) in [6.45, 7) is 3.58. The normalized spacial score (nSPS) is 13.1. The van der Waals surface area contributed by atoms with Crippen LogP contribution in [0.2, 0.25) is 0 Å². The molecule has 1 atom stereocenters. The quantitative estimate of drug-likeness (QED) is 0.667. The van der Waals surface area contributed by atoms with E-state index >= 15 is 0 Å². The van der Waals surface area contributed by atoms with Crippen molar-refractivity contribution in [2.75, 3.05) is 11.6 Å². The number of furan rings is 1. The maximum Gasteiger partial charge on any atom is 0.304 e. The fourth-order valence-corrected chi connectivity index (χ4v) is 3.76. The van der Waals surface area contributed by atoms with Crippen molar-refractivity contribution < 1.29 is 17.8 Å². The van der Waals surface area contributed by atoms with E-state index in [1.165, 1.54) is 0 Å². The van der Waals surface area contributed by atoms with E-state index in [1.54, 1.807) is 26.0 Å². The number of thiophene rings is 1. The van der Waals surface area contributed by atoms with Crippen molar-refractivity contribution in [3.05, 3.63) is 39.8 Å². The van der Waals surface area contributed by atoms with Crippen molar-refractivity contribution in [1.82, 2.24) is 0 Å². The number of hydrogen-bond donors (Lipinski definition) is 1. The molecule has 0 aromatic carbocycles. The van der Waals surface area contributed by atoms with Crippen molar-refractivity contribution in [1.29, 1.82) is 0 Å². The van der Waals surface area contributed by atoms with Gasteiger partial charge in [0.2, 0.25) is 0 Å². The molecule has 0 bridgehead atoms. The molecule has 0 aliphatic carbocycles. The fraction of sp³-hybridized carbons (Fsp3) is 0.333. The molecule has 9 heteroatoms. The highest BCUT2D eigenvalue weighted by molar-refractivity contribution is 7.92. The van der Waals surface area contributed by atoms with Crippen LogP contribution in [0, 0.1) is 17.0 Å². The third-order valence-electron chi connectivity index (χ3n) is 2.79. The maximum absolute atomic E-state index is 11.5. The molecular weight excluding hydrogens is 316 g/mol. The molecule has 0 aliphatic heterocycles. The number of hydrogen-bond acceptors (Lipinski definition) is 7. The van der Waals surface area contributed by atoms with E-state index in [0.29, 0.717) is 5.76 Å². The number of nitrogens with zero attached hydrogens (tertiary/aromatic N) is 1. The molecule has 1 N–H and O–H groups in total. The number of nitrogens with one attached hydrogen (secondary N) is 1. The smallest absolute Gasteiger partial charge is 0.304 e. The molecule has 0 fully saturated rings. The van der Waals surface area contributed by atoms with Gasteiger partial charge in [0.1, 0.15) is 15.7 Å². The summed E-state index contributed by atoms with van der Waals surface area (Å²) in [6, 6.07) is 4.31. The fourth-order valence-electron chi connectivity index (χ4n) is 1.74. The van der Waals surface area contributed by atoms with Crippen LogP contribution < -0.4 is 5.32 Å². The van der Waals surface area contributed by atoms with E-state index in [4.69, 9.17) is 4.42 Å². The topological polar surface area (TPSA) is 102 Å².